The van der Waals surface area contributed by atoms with Crippen LogP contribution in [0.3, 0.4) is 0 Å². The van der Waals surface area contributed by atoms with Crippen LogP contribution in [0.2, 0.25) is 0 Å². The molecule has 1 aliphatic rings. The summed E-state index contributed by atoms with van der Waals surface area (Å²) in [7, 11) is 0. The van der Waals surface area contributed by atoms with Gasteiger partial charge in [0, 0.05) is 25.3 Å². The maximum Gasteiger partial charge on any atom is 0.265 e. The summed E-state index contributed by atoms with van der Waals surface area (Å²) in [6, 6.07) is 11.8. The largest absolute Gasteiger partial charge is 0.480 e. The van der Waals surface area contributed by atoms with Crippen molar-refractivity contribution in [3.8, 4) is 5.75 Å². The quantitative estimate of drug-likeness (QED) is 0.747. The highest BCUT2D eigenvalue weighted by molar-refractivity contribution is 9.10. The monoisotopic (exact) mass is 436 g/mol. The summed E-state index contributed by atoms with van der Waals surface area (Å²) in [5.41, 5.74) is 1.81. The predicted molar refractivity (Wildman–Crippen MR) is 105 cm³/mol. The molecule has 0 saturated carbocycles. The molecule has 2 aromatic carbocycles. The van der Waals surface area contributed by atoms with Gasteiger partial charge in [0.2, 0.25) is 0 Å². The molecule has 0 bridgehead atoms. The highest BCUT2D eigenvalue weighted by atomic mass is 79.9. The number of benzene rings is 2. The van der Waals surface area contributed by atoms with Crippen molar-refractivity contribution < 1.29 is 18.7 Å². The maximum absolute atomic E-state index is 13.2. The number of carbonyl (C=O) groups is 1. The first-order chi connectivity index (χ1) is 13.0. The van der Waals surface area contributed by atoms with Crippen molar-refractivity contribution in [1.82, 2.24) is 4.90 Å². The molecule has 3 rings (SSSR count). The second-order valence-electron chi connectivity index (χ2n) is 6.37. The van der Waals surface area contributed by atoms with E-state index >= 15 is 0 Å². The first kappa shape index (κ1) is 19.8. The second-order valence-corrected chi connectivity index (χ2v) is 7.22. The average Bonchev–Trinajstić information content (AvgIpc) is 2.66. The Kier molecular flexibility index (Phi) is 6.82. The summed E-state index contributed by atoms with van der Waals surface area (Å²) in [5.74, 6) is -0.218. The van der Waals surface area contributed by atoms with E-state index in [0.717, 1.165) is 44.1 Å². The zero-order valence-corrected chi connectivity index (χ0v) is 16.7. The van der Waals surface area contributed by atoms with Gasteiger partial charge < -0.3 is 14.8 Å². The van der Waals surface area contributed by atoms with Crippen LogP contribution in [0.4, 0.5) is 10.1 Å². The molecule has 1 fully saturated rings. The SMILES string of the molecule is CC(Oc1ccc(F)cc1Br)C(=O)Nc1ccccc1CN1CCOCC1. The molecule has 1 N–H and O–H groups in total. The Morgan fingerprint density at radius 3 is 2.78 bits per heavy atom. The summed E-state index contributed by atoms with van der Waals surface area (Å²) in [5, 5.41) is 2.94. The highest BCUT2D eigenvalue weighted by Gasteiger charge is 2.19. The van der Waals surface area contributed by atoms with Crippen molar-refractivity contribution in [1.29, 1.82) is 0 Å². The van der Waals surface area contributed by atoms with Gasteiger partial charge >= 0.3 is 0 Å². The van der Waals surface area contributed by atoms with Crippen molar-refractivity contribution in [2.45, 2.75) is 19.6 Å². The molecule has 0 aromatic heterocycles. The third-order valence-electron chi connectivity index (χ3n) is 4.34. The number of ether oxygens (including phenoxy) is 2. The Hall–Kier alpha value is -1.96. The molecule has 0 spiro atoms. The van der Waals surface area contributed by atoms with Crippen molar-refractivity contribution in [2.24, 2.45) is 0 Å². The minimum Gasteiger partial charge on any atom is -0.480 e. The number of halogens is 2. The van der Waals surface area contributed by atoms with E-state index in [9.17, 15) is 9.18 Å². The fourth-order valence-corrected chi connectivity index (χ4v) is 3.27. The van der Waals surface area contributed by atoms with E-state index in [1.165, 1.54) is 18.2 Å². The van der Waals surface area contributed by atoms with Crippen LogP contribution in [0.5, 0.6) is 5.75 Å². The lowest BCUT2D eigenvalue weighted by Gasteiger charge is -2.27. The molecule has 1 amide bonds. The van der Waals surface area contributed by atoms with Gasteiger partial charge in [0.05, 0.1) is 17.7 Å². The number of rotatable bonds is 6. The molecule has 1 unspecified atom stereocenters. The lowest BCUT2D eigenvalue weighted by atomic mass is 10.1. The molecule has 0 radical (unpaired) electrons. The van der Waals surface area contributed by atoms with Crippen LogP contribution in [-0.4, -0.2) is 43.2 Å². The first-order valence-corrected chi connectivity index (χ1v) is 9.63. The molecule has 1 aliphatic heterocycles. The van der Waals surface area contributed by atoms with Gasteiger partial charge in [0.15, 0.2) is 6.10 Å². The van der Waals surface area contributed by atoms with Crippen LogP contribution in [0.25, 0.3) is 0 Å². The summed E-state index contributed by atoms with van der Waals surface area (Å²) < 4.78 is 24.7. The van der Waals surface area contributed by atoms with Crippen LogP contribution >= 0.6 is 15.9 Å². The Morgan fingerprint density at radius 1 is 1.30 bits per heavy atom. The topological polar surface area (TPSA) is 50.8 Å². The molecule has 144 valence electrons. The van der Waals surface area contributed by atoms with Crippen molar-refractivity contribution >= 4 is 27.5 Å². The Bertz CT molecular complexity index is 797. The van der Waals surface area contributed by atoms with Gasteiger partial charge in [-0.05, 0) is 52.7 Å². The average molecular weight is 437 g/mol. The van der Waals surface area contributed by atoms with Crippen LogP contribution < -0.4 is 10.1 Å². The Morgan fingerprint density at radius 2 is 2.04 bits per heavy atom. The van der Waals surface area contributed by atoms with Gasteiger partial charge in [-0.2, -0.15) is 0 Å². The third kappa shape index (κ3) is 5.51. The van der Waals surface area contributed by atoms with E-state index in [1.807, 2.05) is 24.3 Å². The van der Waals surface area contributed by atoms with Crippen LogP contribution in [0, 0.1) is 5.82 Å². The van der Waals surface area contributed by atoms with Crippen LogP contribution in [0.1, 0.15) is 12.5 Å². The van der Waals surface area contributed by atoms with Crippen molar-refractivity contribution in [3.05, 3.63) is 58.3 Å². The molecule has 7 heteroatoms. The van der Waals surface area contributed by atoms with E-state index < -0.39 is 6.10 Å². The third-order valence-corrected chi connectivity index (χ3v) is 4.96. The fraction of sp³-hybridized carbons (Fsp3) is 0.350. The van der Waals surface area contributed by atoms with E-state index in [-0.39, 0.29) is 11.7 Å². The number of nitrogens with zero attached hydrogens (tertiary/aromatic N) is 1. The number of morpholine rings is 1. The number of hydrogen-bond acceptors (Lipinski definition) is 4. The number of nitrogens with one attached hydrogen (secondary N) is 1. The minimum atomic E-state index is -0.733. The first-order valence-electron chi connectivity index (χ1n) is 8.83. The Balaban J connectivity index is 1.64. The number of hydrogen-bond donors (Lipinski definition) is 1. The lowest BCUT2D eigenvalue weighted by molar-refractivity contribution is -0.122. The van der Waals surface area contributed by atoms with Crippen molar-refractivity contribution in [3.63, 3.8) is 0 Å². The predicted octanol–water partition coefficient (Wildman–Crippen LogP) is 3.83. The van der Waals surface area contributed by atoms with E-state index in [4.69, 9.17) is 9.47 Å². The zero-order chi connectivity index (χ0) is 19.2. The second kappa shape index (κ2) is 9.30. The lowest BCUT2D eigenvalue weighted by Crippen LogP contribution is -2.36. The molecule has 0 aliphatic carbocycles. The molecule has 1 saturated heterocycles. The molecule has 1 atom stereocenters. The van der Waals surface area contributed by atoms with E-state index in [2.05, 4.69) is 26.1 Å². The molecular formula is C20H22BrFN2O3. The summed E-state index contributed by atoms with van der Waals surface area (Å²) in [6.07, 6.45) is -0.733. The molecule has 27 heavy (non-hydrogen) atoms. The maximum atomic E-state index is 13.2. The van der Waals surface area contributed by atoms with Gasteiger partial charge in [-0.15, -0.1) is 0 Å². The number of amides is 1. The van der Waals surface area contributed by atoms with Gasteiger partial charge in [-0.3, -0.25) is 9.69 Å². The highest BCUT2D eigenvalue weighted by Crippen LogP contribution is 2.27. The van der Waals surface area contributed by atoms with E-state index in [0.29, 0.717) is 10.2 Å². The number of para-hydroxylation sites is 1. The molecule has 1 heterocycles. The molecule has 5 nitrogen and oxygen atoms in total. The van der Waals surface area contributed by atoms with E-state index in [1.54, 1.807) is 6.92 Å². The summed E-state index contributed by atoms with van der Waals surface area (Å²) in [4.78, 5) is 14.9. The van der Waals surface area contributed by atoms with Crippen LogP contribution in [0.15, 0.2) is 46.9 Å². The van der Waals surface area contributed by atoms with Gasteiger partial charge in [-0.1, -0.05) is 18.2 Å². The molecular weight excluding hydrogens is 415 g/mol. The normalized spacial score (nSPS) is 16.0. The summed E-state index contributed by atoms with van der Waals surface area (Å²) in [6.45, 7) is 5.62. The van der Waals surface area contributed by atoms with Gasteiger partial charge in [0.25, 0.3) is 5.91 Å². The standard InChI is InChI=1S/C20H22BrFN2O3/c1-14(27-19-7-6-16(22)12-17(19)21)20(25)23-18-5-3-2-4-15(18)13-24-8-10-26-11-9-24/h2-7,12,14H,8-11,13H2,1H3,(H,23,25). The Labute approximate surface area is 166 Å². The van der Waals surface area contributed by atoms with Gasteiger partial charge in [-0.25, -0.2) is 4.39 Å². The van der Waals surface area contributed by atoms with Crippen molar-refractivity contribution in [2.75, 3.05) is 31.6 Å². The smallest absolute Gasteiger partial charge is 0.265 e. The number of anilines is 1. The van der Waals surface area contributed by atoms with Crippen LogP contribution in [-0.2, 0) is 16.1 Å². The molecule has 2 aromatic rings. The van der Waals surface area contributed by atoms with Gasteiger partial charge in [0.1, 0.15) is 11.6 Å². The fourth-order valence-electron chi connectivity index (χ4n) is 2.83. The zero-order valence-electron chi connectivity index (χ0n) is 15.1. The summed E-state index contributed by atoms with van der Waals surface area (Å²) >= 11 is 3.25. The number of carbonyl (C=O) groups excluding carboxylic acids is 1. The minimum absolute atomic E-state index is 0.263.